The number of fused-ring (bicyclic) bond motifs is 3. The van der Waals surface area contributed by atoms with E-state index in [1.165, 1.54) is 46.9 Å². The predicted molar refractivity (Wildman–Crippen MR) is 262 cm³/mol. The lowest BCUT2D eigenvalue weighted by Crippen LogP contribution is -2.32. The van der Waals surface area contributed by atoms with E-state index in [1.54, 1.807) is 38.9 Å². The van der Waals surface area contributed by atoms with Crippen molar-refractivity contribution in [3.8, 4) is 0 Å². The number of nitrogens with one attached hydrogen (secondary N) is 1. The number of nitrogens with zero attached hydrogens (tertiary/aromatic N) is 2. The van der Waals surface area contributed by atoms with Crippen LogP contribution in [0, 0.1) is 0 Å². The molecule has 3 aromatic carbocycles. The van der Waals surface area contributed by atoms with Crippen molar-refractivity contribution in [2.45, 2.75) is 56.8 Å². The first-order valence-electron chi connectivity index (χ1n) is 21.8. The zero-order valence-electron chi connectivity index (χ0n) is 36.2. The smallest absolute Gasteiger partial charge is 0.329 e. The van der Waals surface area contributed by atoms with Crippen LogP contribution in [-0.4, -0.2) is 146 Å². The molecule has 348 valence electrons. The summed E-state index contributed by atoms with van der Waals surface area (Å²) in [4.78, 5) is 26.0. The highest BCUT2D eigenvalue weighted by atomic mass is 35.5. The molecule has 6 heterocycles. The van der Waals surface area contributed by atoms with E-state index >= 15 is 0 Å². The number of aliphatic hydroxyl groups excluding tert-OH is 3. The molecular formula is C48H62ClN3O9S3. The van der Waals surface area contributed by atoms with E-state index < -0.39 is 5.97 Å². The van der Waals surface area contributed by atoms with Gasteiger partial charge in [-0.3, -0.25) is 9.69 Å². The summed E-state index contributed by atoms with van der Waals surface area (Å²) >= 11 is 5.25. The molecule has 0 radical (unpaired) electrons. The molecule has 3 aliphatic rings. The number of thiophene rings is 3. The van der Waals surface area contributed by atoms with Crippen LogP contribution in [0.1, 0.15) is 36.0 Å². The van der Waals surface area contributed by atoms with Crippen LogP contribution in [0.15, 0.2) is 88.9 Å². The number of amides is 1. The number of halogens is 1. The van der Waals surface area contributed by atoms with Crippen LogP contribution < -0.4 is 5.32 Å². The number of aliphatic carboxylic acids is 1. The van der Waals surface area contributed by atoms with Gasteiger partial charge in [-0.1, -0.05) is 54.6 Å². The molecule has 9 rings (SSSR count). The molecular weight excluding hydrogens is 894 g/mol. The number of benzene rings is 3. The summed E-state index contributed by atoms with van der Waals surface area (Å²) in [5.41, 5.74) is 3.90. The maximum atomic E-state index is 11.9. The Morgan fingerprint density at radius 3 is 1.52 bits per heavy atom. The van der Waals surface area contributed by atoms with E-state index in [-0.39, 0.29) is 49.8 Å². The van der Waals surface area contributed by atoms with Gasteiger partial charge in [0.25, 0.3) is 0 Å². The molecule has 12 nitrogen and oxygen atoms in total. The zero-order chi connectivity index (χ0) is 44.2. The summed E-state index contributed by atoms with van der Waals surface area (Å²) < 4.78 is 20.2. The van der Waals surface area contributed by atoms with Gasteiger partial charge in [0.1, 0.15) is 13.2 Å². The van der Waals surface area contributed by atoms with Crippen molar-refractivity contribution < 1.29 is 44.2 Å². The molecule has 3 aliphatic heterocycles. The van der Waals surface area contributed by atoms with Gasteiger partial charge in [0.15, 0.2) is 0 Å². The van der Waals surface area contributed by atoms with Gasteiger partial charge in [-0.15, -0.1) is 46.4 Å². The minimum absolute atomic E-state index is 0. The number of carbonyl (C=O) groups is 2. The summed E-state index contributed by atoms with van der Waals surface area (Å²) in [7, 11) is 0. The molecule has 0 unspecified atom stereocenters. The van der Waals surface area contributed by atoms with Gasteiger partial charge in [0.2, 0.25) is 5.91 Å². The van der Waals surface area contributed by atoms with Crippen LogP contribution in [0.25, 0.3) is 30.3 Å². The lowest BCUT2D eigenvalue weighted by molar-refractivity contribution is -0.142. The molecule has 0 saturated carbocycles. The van der Waals surface area contributed by atoms with Crippen molar-refractivity contribution in [2.75, 3.05) is 85.5 Å². The zero-order valence-corrected chi connectivity index (χ0v) is 39.5. The van der Waals surface area contributed by atoms with Crippen molar-refractivity contribution >= 4 is 88.6 Å². The second kappa shape index (κ2) is 27.8. The number of carboxylic acid groups (broad SMARTS) is 1. The minimum atomic E-state index is -0.921. The Balaban J connectivity index is 0.000000169. The van der Waals surface area contributed by atoms with Gasteiger partial charge in [0, 0.05) is 53.4 Å². The second-order valence-electron chi connectivity index (χ2n) is 15.8. The van der Waals surface area contributed by atoms with Gasteiger partial charge in [-0.25, -0.2) is 4.79 Å². The summed E-state index contributed by atoms with van der Waals surface area (Å²) in [6, 6.07) is 25.1. The lowest BCUT2D eigenvalue weighted by atomic mass is 10.1. The van der Waals surface area contributed by atoms with E-state index in [4.69, 9.17) is 24.4 Å². The largest absolute Gasteiger partial charge is 0.480 e. The molecule has 1 amide bonds. The third kappa shape index (κ3) is 16.7. The molecule has 64 heavy (non-hydrogen) atoms. The first-order valence-corrected chi connectivity index (χ1v) is 24.4. The van der Waals surface area contributed by atoms with Crippen molar-refractivity contribution in [1.82, 2.24) is 15.1 Å². The monoisotopic (exact) mass is 955 g/mol. The maximum absolute atomic E-state index is 11.9. The van der Waals surface area contributed by atoms with Gasteiger partial charge in [-0.05, 0) is 112 Å². The van der Waals surface area contributed by atoms with E-state index in [9.17, 15) is 19.8 Å². The predicted octanol–water partition coefficient (Wildman–Crippen LogP) is 6.89. The van der Waals surface area contributed by atoms with Crippen LogP contribution in [0.4, 0.5) is 0 Å². The number of aliphatic hydroxyl groups is 3. The van der Waals surface area contributed by atoms with E-state index in [0.29, 0.717) is 32.7 Å². The highest BCUT2D eigenvalue weighted by Crippen LogP contribution is 2.28. The number of carbonyl (C=O) groups excluding carboxylic acids is 1. The standard InChI is InChI=1S/C16H19NO3S.C16H21NO2S.C12H12O3S.C4H9NO.ClH/c18-13-5-7-17(9-13)16(19)10-20-8-6-12-11-21-15-4-2-1-3-14(12)15;18-14-5-7-17(11-14)8-10-19-9-6-13-12-20-16-4-2-1-3-15(13)16;13-12(14)7-15-6-5-9-8-16-11-4-2-1-3-10(9)11;6-4-1-2-5-3-4;/h1-4,11,13,18H,5-10H2;1-4,12,14,18H,5-11H2;1-4,8H,5-7H2,(H,13,14);4-6H,1-3H2;1H/t13-;14-;;4-;/m11.1./s1. The van der Waals surface area contributed by atoms with Crippen LogP contribution in [-0.2, 0) is 43.1 Å². The Kier molecular flexibility index (Phi) is 22.4. The number of ether oxygens (including phenoxy) is 3. The lowest BCUT2D eigenvalue weighted by Gasteiger charge is -2.15. The normalized spacial score (nSPS) is 18.2. The number of likely N-dealkylation sites (tertiary alicyclic amines) is 2. The fourth-order valence-electron chi connectivity index (χ4n) is 7.55. The topological polar surface area (TPSA) is 161 Å². The number of hydrogen-bond donors (Lipinski definition) is 5. The van der Waals surface area contributed by atoms with Crippen molar-refractivity contribution in [1.29, 1.82) is 0 Å². The fourth-order valence-corrected chi connectivity index (χ4v) is 10.5. The molecule has 3 atom stereocenters. The summed E-state index contributed by atoms with van der Waals surface area (Å²) in [6.07, 6.45) is 4.50. The van der Waals surface area contributed by atoms with Crippen molar-refractivity contribution in [3.63, 3.8) is 0 Å². The Hall–Kier alpha value is -3.55. The molecule has 16 heteroatoms. The highest BCUT2D eigenvalue weighted by molar-refractivity contribution is 7.18. The van der Waals surface area contributed by atoms with Crippen molar-refractivity contribution in [2.24, 2.45) is 0 Å². The molecule has 5 N–H and O–H groups in total. The molecule has 0 aliphatic carbocycles. The van der Waals surface area contributed by atoms with Gasteiger partial charge < -0.3 is 44.9 Å². The number of carboxylic acids is 1. The molecule has 0 spiro atoms. The van der Waals surface area contributed by atoms with Gasteiger partial charge in [-0.2, -0.15) is 0 Å². The first kappa shape index (κ1) is 51.4. The number of β-amino-alcohol motifs (C(OH)–C–C–N with tert-alkyl or cyclic N) is 3. The van der Waals surface area contributed by atoms with E-state index in [1.807, 2.05) is 24.3 Å². The first-order chi connectivity index (χ1) is 30.7. The number of rotatable bonds is 16. The minimum Gasteiger partial charge on any atom is -0.480 e. The average molecular weight is 957 g/mol. The Bertz CT molecular complexity index is 2280. The molecule has 3 fully saturated rings. The Labute approximate surface area is 393 Å². The van der Waals surface area contributed by atoms with Gasteiger partial charge >= 0.3 is 5.97 Å². The highest BCUT2D eigenvalue weighted by Gasteiger charge is 2.24. The Morgan fingerprint density at radius 1 is 0.609 bits per heavy atom. The van der Waals surface area contributed by atoms with Crippen LogP contribution in [0.3, 0.4) is 0 Å². The van der Waals surface area contributed by atoms with Crippen LogP contribution in [0.5, 0.6) is 0 Å². The summed E-state index contributed by atoms with van der Waals surface area (Å²) in [5.74, 6) is -0.947. The van der Waals surface area contributed by atoms with Crippen LogP contribution in [0.2, 0.25) is 0 Å². The molecule has 0 bridgehead atoms. The quantitative estimate of drug-likeness (QED) is 0.0644. The maximum Gasteiger partial charge on any atom is 0.329 e. The molecule has 3 aromatic heterocycles. The van der Waals surface area contributed by atoms with E-state index in [0.717, 1.165) is 78.0 Å². The summed E-state index contributed by atoms with van der Waals surface area (Å²) in [6.45, 7) is 8.01. The van der Waals surface area contributed by atoms with Gasteiger partial charge in [0.05, 0.1) is 44.7 Å². The molecule has 3 saturated heterocycles. The number of hydrogen-bond acceptors (Lipinski definition) is 13. The van der Waals surface area contributed by atoms with Crippen molar-refractivity contribution in [3.05, 3.63) is 106 Å². The van der Waals surface area contributed by atoms with Crippen LogP contribution >= 0.6 is 46.4 Å². The third-order valence-electron chi connectivity index (χ3n) is 11.0. The Morgan fingerprint density at radius 2 is 1.09 bits per heavy atom. The molecule has 6 aromatic rings. The summed E-state index contributed by atoms with van der Waals surface area (Å²) in [5, 5.41) is 49.4. The second-order valence-corrected chi connectivity index (χ2v) is 18.5. The fraction of sp³-hybridized carbons (Fsp3) is 0.458. The van der Waals surface area contributed by atoms with E-state index in [2.05, 4.69) is 74.9 Å². The SMILES string of the molecule is Cl.O=C(COCCc1csc2ccccc12)N1CC[C@@H](O)C1.O=C(O)COCCc1csc2ccccc12.O[C@@H]1CCN(CCOCCc2csc3ccccc23)C1.O[C@@H]1CCNC1. The average Bonchev–Trinajstić information content (AvgIpc) is 4.17. The third-order valence-corrected chi connectivity index (χ3v) is 14.1.